The number of nitrogens with one attached hydrogen (secondary N) is 1. The summed E-state index contributed by atoms with van der Waals surface area (Å²) in [6.45, 7) is 2.83. The number of carbonyl (C=O) groups is 1. The Labute approximate surface area is 177 Å². The highest BCUT2D eigenvalue weighted by atomic mass is 16.1. The number of aromatic nitrogens is 1. The van der Waals surface area contributed by atoms with Gasteiger partial charge in [-0.05, 0) is 41.8 Å². The Hall–Kier alpha value is -3.66. The number of carbonyl (C=O) groups excluding carboxylic acids is 1. The molecule has 1 heterocycles. The molecule has 1 amide bonds. The Morgan fingerprint density at radius 3 is 2.33 bits per heavy atom. The molecule has 0 radical (unpaired) electrons. The lowest BCUT2D eigenvalue weighted by Crippen LogP contribution is -2.19. The minimum atomic E-state index is -0.132. The molecule has 0 bridgehead atoms. The average Bonchev–Trinajstić information content (AvgIpc) is 2.79. The van der Waals surface area contributed by atoms with Crippen LogP contribution in [0.5, 0.6) is 0 Å². The van der Waals surface area contributed by atoms with Crippen LogP contribution in [0, 0.1) is 0 Å². The van der Waals surface area contributed by atoms with E-state index in [1.807, 2.05) is 79.8 Å². The number of nitrogens with zero attached hydrogens (tertiary/aromatic N) is 2. The van der Waals surface area contributed by atoms with Gasteiger partial charge in [0, 0.05) is 24.7 Å². The molecule has 0 aliphatic heterocycles. The first-order chi connectivity index (χ1) is 14.6. The van der Waals surface area contributed by atoms with Crippen molar-refractivity contribution in [3.05, 3.63) is 102 Å². The summed E-state index contributed by atoms with van der Waals surface area (Å²) in [7, 11) is 2.00. The lowest BCUT2D eigenvalue weighted by atomic mass is 10.1. The molecule has 4 nitrogen and oxygen atoms in total. The monoisotopic (exact) mass is 395 g/mol. The second-order valence-corrected chi connectivity index (χ2v) is 7.39. The molecule has 1 aromatic heterocycles. The van der Waals surface area contributed by atoms with Gasteiger partial charge in [0.15, 0.2) is 0 Å². The van der Waals surface area contributed by atoms with E-state index in [2.05, 4.69) is 29.3 Å². The molecule has 0 aliphatic carbocycles. The van der Waals surface area contributed by atoms with Gasteiger partial charge in [-0.15, -0.1) is 0 Å². The molecule has 4 heteroatoms. The summed E-state index contributed by atoms with van der Waals surface area (Å²) in [5.41, 5.74) is 4.65. The predicted octanol–water partition coefficient (Wildman–Crippen LogP) is 5.69. The first-order valence-electron chi connectivity index (χ1n) is 10.2. The summed E-state index contributed by atoms with van der Waals surface area (Å²) in [5.74, 6) is 0.635. The lowest BCUT2D eigenvalue weighted by molar-refractivity contribution is 0.102. The van der Waals surface area contributed by atoms with E-state index in [0.717, 1.165) is 28.8 Å². The Bertz CT molecular complexity index is 1150. The largest absolute Gasteiger partial charge is 0.355 e. The van der Waals surface area contributed by atoms with E-state index in [9.17, 15) is 4.79 Å². The quantitative estimate of drug-likeness (QED) is 0.456. The Balaban J connectivity index is 1.66. The van der Waals surface area contributed by atoms with Crippen LogP contribution in [0.2, 0.25) is 0 Å². The van der Waals surface area contributed by atoms with Crippen molar-refractivity contribution in [3.8, 4) is 0 Å². The van der Waals surface area contributed by atoms with E-state index in [4.69, 9.17) is 4.98 Å². The highest BCUT2D eigenvalue weighted by Gasteiger charge is 2.15. The van der Waals surface area contributed by atoms with Crippen molar-refractivity contribution in [2.24, 2.45) is 0 Å². The van der Waals surface area contributed by atoms with Gasteiger partial charge in [-0.25, -0.2) is 4.98 Å². The zero-order valence-corrected chi connectivity index (χ0v) is 17.3. The van der Waals surface area contributed by atoms with Gasteiger partial charge in [0.2, 0.25) is 0 Å². The molecular formula is C26H25N3O. The van der Waals surface area contributed by atoms with Crippen molar-refractivity contribution in [2.45, 2.75) is 19.9 Å². The number of para-hydroxylation sites is 1. The van der Waals surface area contributed by atoms with Crippen LogP contribution >= 0.6 is 0 Å². The van der Waals surface area contributed by atoms with Crippen LogP contribution in [0.15, 0.2) is 84.9 Å². The van der Waals surface area contributed by atoms with Crippen LogP contribution in [-0.2, 0) is 13.0 Å². The number of hydrogen-bond acceptors (Lipinski definition) is 3. The van der Waals surface area contributed by atoms with Crippen molar-refractivity contribution < 1.29 is 4.79 Å². The highest BCUT2D eigenvalue weighted by molar-refractivity contribution is 6.13. The van der Waals surface area contributed by atoms with Crippen molar-refractivity contribution >= 4 is 28.3 Å². The fourth-order valence-electron chi connectivity index (χ4n) is 3.51. The van der Waals surface area contributed by atoms with Gasteiger partial charge in [-0.2, -0.15) is 0 Å². The molecular weight excluding hydrogens is 370 g/mol. The molecule has 0 saturated heterocycles. The Morgan fingerprint density at radius 2 is 1.60 bits per heavy atom. The number of hydrogen-bond donors (Lipinski definition) is 1. The van der Waals surface area contributed by atoms with E-state index >= 15 is 0 Å². The lowest BCUT2D eigenvalue weighted by Gasteiger charge is -2.20. The van der Waals surface area contributed by atoms with Crippen LogP contribution in [-0.4, -0.2) is 17.9 Å². The normalized spacial score (nSPS) is 10.7. The van der Waals surface area contributed by atoms with Gasteiger partial charge in [0.1, 0.15) is 5.82 Å². The molecule has 4 aromatic rings. The summed E-state index contributed by atoms with van der Waals surface area (Å²) < 4.78 is 0. The fourth-order valence-corrected chi connectivity index (χ4v) is 3.51. The smallest absolute Gasteiger partial charge is 0.256 e. The van der Waals surface area contributed by atoms with Gasteiger partial charge >= 0.3 is 0 Å². The molecule has 150 valence electrons. The molecule has 0 aliphatic rings. The number of fused-ring (bicyclic) bond motifs is 1. The zero-order valence-electron chi connectivity index (χ0n) is 17.3. The first kappa shape index (κ1) is 19.6. The zero-order chi connectivity index (χ0) is 20.9. The van der Waals surface area contributed by atoms with E-state index in [1.165, 1.54) is 11.1 Å². The molecule has 0 unspecified atom stereocenters. The molecule has 0 atom stereocenters. The maximum atomic E-state index is 13.2. The average molecular weight is 396 g/mol. The highest BCUT2D eigenvalue weighted by Crippen LogP contribution is 2.24. The molecule has 0 spiro atoms. The van der Waals surface area contributed by atoms with E-state index in [1.54, 1.807) is 0 Å². The van der Waals surface area contributed by atoms with E-state index < -0.39 is 0 Å². The van der Waals surface area contributed by atoms with Crippen molar-refractivity contribution in [1.82, 2.24) is 4.98 Å². The number of amides is 1. The summed E-state index contributed by atoms with van der Waals surface area (Å²) >= 11 is 0. The van der Waals surface area contributed by atoms with Gasteiger partial charge in [0.25, 0.3) is 5.91 Å². The van der Waals surface area contributed by atoms with Crippen molar-refractivity contribution in [3.63, 3.8) is 0 Å². The molecule has 0 fully saturated rings. The third kappa shape index (κ3) is 4.33. The topological polar surface area (TPSA) is 45.2 Å². The number of benzene rings is 3. The van der Waals surface area contributed by atoms with Crippen LogP contribution < -0.4 is 10.2 Å². The fraction of sp³-hybridized carbons (Fsp3) is 0.154. The Morgan fingerprint density at radius 1 is 0.900 bits per heavy atom. The second-order valence-electron chi connectivity index (χ2n) is 7.39. The standard InChI is InChI=1S/C26H25N3O/c1-3-19-13-15-21(16-14-19)27-26(30)23-17-25(28-24-12-8-7-11-22(23)24)29(2)18-20-9-5-4-6-10-20/h4-17H,3,18H2,1-2H3,(H,27,30). The maximum Gasteiger partial charge on any atom is 0.256 e. The molecule has 4 rings (SSSR count). The minimum absolute atomic E-state index is 0.132. The van der Waals surface area contributed by atoms with Gasteiger partial charge in [0.05, 0.1) is 11.1 Å². The SMILES string of the molecule is CCc1ccc(NC(=O)c2cc(N(C)Cc3ccccc3)nc3ccccc23)cc1. The summed E-state index contributed by atoms with van der Waals surface area (Å²) in [6, 6.07) is 27.9. The number of rotatable bonds is 6. The molecule has 1 N–H and O–H groups in total. The van der Waals surface area contributed by atoms with Crippen LogP contribution in [0.3, 0.4) is 0 Å². The van der Waals surface area contributed by atoms with E-state index in [-0.39, 0.29) is 5.91 Å². The molecule has 30 heavy (non-hydrogen) atoms. The maximum absolute atomic E-state index is 13.2. The van der Waals surface area contributed by atoms with E-state index in [0.29, 0.717) is 12.1 Å². The van der Waals surface area contributed by atoms with Gasteiger partial charge < -0.3 is 10.2 Å². The van der Waals surface area contributed by atoms with Crippen molar-refractivity contribution in [2.75, 3.05) is 17.3 Å². The van der Waals surface area contributed by atoms with Crippen LogP contribution in [0.4, 0.5) is 11.5 Å². The summed E-state index contributed by atoms with van der Waals surface area (Å²) in [4.78, 5) is 20.0. The van der Waals surface area contributed by atoms with Crippen LogP contribution in [0.25, 0.3) is 10.9 Å². The number of pyridine rings is 1. The molecule has 3 aromatic carbocycles. The first-order valence-corrected chi connectivity index (χ1v) is 10.2. The number of aryl methyl sites for hydroxylation is 1. The van der Waals surface area contributed by atoms with Gasteiger partial charge in [-0.1, -0.05) is 67.6 Å². The third-order valence-corrected chi connectivity index (χ3v) is 5.22. The van der Waals surface area contributed by atoms with Gasteiger partial charge in [-0.3, -0.25) is 4.79 Å². The Kier molecular flexibility index (Phi) is 5.75. The summed E-state index contributed by atoms with van der Waals surface area (Å²) in [6.07, 6.45) is 0.973. The van der Waals surface area contributed by atoms with Crippen molar-refractivity contribution in [1.29, 1.82) is 0 Å². The third-order valence-electron chi connectivity index (χ3n) is 5.22. The minimum Gasteiger partial charge on any atom is -0.355 e. The van der Waals surface area contributed by atoms with Crippen LogP contribution in [0.1, 0.15) is 28.4 Å². The number of anilines is 2. The predicted molar refractivity (Wildman–Crippen MR) is 124 cm³/mol. The molecule has 0 saturated carbocycles. The summed E-state index contributed by atoms with van der Waals surface area (Å²) in [5, 5.41) is 3.88. The second kappa shape index (κ2) is 8.78.